The zero-order valence-corrected chi connectivity index (χ0v) is 60.3. The fraction of sp³-hybridized carbons (Fsp3) is 0.359. The van der Waals surface area contributed by atoms with Gasteiger partial charge in [-0.2, -0.15) is 0 Å². The van der Waals surface area contributed by atoms with E-state index < -0.39 is 226 Å². The van der Waals surface area contributed by atoms with Crippen molar-refractivity contribution in [3.63, 3.8) is 0 Å². The largest absolute Gasteiger partial charge is 0.508 e. The standard InChI is InChI=1S/C78H85N9O24/c1-33(2)23-47(81-5)70(98)86-61-63(93)38-15-19-43(20-16-38)107-52-26-41-27-53(67(52)111-77-68(66(96)65(95)54(32-88)109-77)110-56-31-78(4,80)69(97)34(3)106-56)108-51-22-18-40(25-44(51)37-13-11-36(12-14-37)35-9-7-6-8-10-35)64(94)62-75(103)85-60(76(104)105)46-28-42(89)29-50(91)57(46)45-24-39(17-21-49(45)90)58(72(100)87-62)84-73(101)59(41)83-71(99)48(30-55(79)92)82-74(61)102/h6-22,24-29,33-34,47-48,54,56,58-66,68-69,77,81,88-91,93-97H,23,30-32,80H2,1-5H3,(H2,79,92)(H,82,102)(H,83,99)(H,84,101)(H,85,103)(H,86,98)(H,87,100)(H,104,105)/t34-,47-,48+,54+,56-,58-,59-,60-,61-,62+,63-,64-,65+,66-,68+,69+,77-,78-/m0/s1. The number of fused-ring (bicyclic) bond motifs is 15. The predicted octanol–water partition coefficient (Wildman–Crippen LogP) is 2.13. The number of hydrogen-bond acceptors (Lipinski definition) is 25. The maximum atomic E-state index is 16.3. The summed E-state index contributed by atoms with van der Waals surface area (Å²) in [7, 11) is 1.49. The number of carboxylic acid groups (broad SMARTS) is 1. The topological polar surface area (TPSA) is 530 Å². The number of aliphatic hydroxyl groups excluding tert-OH is 6. The van der Waals surface area contributed by atoms with E-state index in [1.54, 1.807) is 24.3 Å². The Hall–Kier alpha value is -11.3. The number of phenolic OH excluding ortho intramolecular Hbond substituents is 3. The molecule has 111 heavy (non-hydrogen) atoms. The quantitative estimate of drug-likeness (QED) is 0.0699. The lowest BCUT2D eigenvalue weighted by atomic mass is 9.86. The van der Waals surface area contributed by atoms with Crippen LogP contribution in [0.15, 0.2) is 140 Å². The van der Waals surface area contributed by atoms with Crippen molar-refractivity contribution in [2.24, 2.45) is 17.4 Å². The van der Waals surface area contributed by atoms with Crippen LogP contribution in [0.25, 0.3) is 33.4 Å². The number of carbonyl (C=O) groups is 8. The monoisotopic (exact) mass is 1530 g/mol. The highest BCUT2D eigenvalue weighted by atomic mass is 16.8. The van der Waals surface area contributed by atoms with Gasteiger partial charge in [0.15, 0.2) is 29.9 Å². The Morgan fingerprint density at radius 1 is 0.649 bits per heavy atom. The van der Waals surface area contributed by atoms with Crippen LogP contribution in [0.4, 0.5) is 0 Å². The predicted molar refractivity (Wildman–Crippen MR) is 390 cm³/mol. The summed E-state index contributed by atoms with van der Waals surface area (Å²) in [6.07, 6.45) is -18.3. The summed E-state index contributed by atoms with van der Waals surface area (Å²) >= 11 is 0. The molecule has 2 fully saturated rings. The maximum Gasteiger partial charge on any atom is 0.330 e. The molecular formula is C78H85N9O24. The van der Waals surface area contributed by atoms with Gasteiger partial charge >= 0.3 is 5.97 Å². The number of aromatic hydroxyl groups is 3. The number of benzene rings is 7. The molecule has 0 unspecified atom stereocenters. The number of nitrogens with one attached hydrogen (secondary N) is 7. The molecular weight excluding hydrogens is 1450 g/mol. The number of primary amides is 1. The van der Waals surface area contributed by atoms with Crippen molar-refractivity contribution in [1.29, 1.82) is 0 Å². The van der Waals surface area contributed by atoms with Gasteiger partial charge in [-0.3, -0.25) is 33.6 Å². The minimum Gasteiger partial charge on any atom is -0.508 e. The van der Waals surface area contributed by atoms with E-state index in [1.807, 2.05) is 44.2 Å². The van der Waals surface area contributed by atoms with Crippen LogP contribution in [-0.2, 0) is 52.6 Å². The highest BCUT2D eigenvalue weighted by Gasteiger charge is 2.52. The van der Waals surface area contributed by atoms with Crippen molar-refractivity contribution in [2.75, 3.05) is 13.7 Å². The number of carboxylic acids is 1. The lowest BCUT2D eigenvalue weighted by Crippen LogP contribution is -2.64. The molecule has 7 amide bonds. The van der Waals surface area contributed by atoms with Gasteiger partial charge < -0.3 is 128 Å². The van der Waals surface area contributed by atoms with Gasteiger partial charge in [0.25, 0.3) is 0 Å². The van der Waals surface area contributed by atoms with Crippen molar-refractivity contribution in [3.05, 3.63) is 167 Å². The van der Waals surface area contributed by atoms with E-state index in [1.165, 1.54) is 63.4 Å². The molecule has 0 spiro atoms. The fourth-order valence-corrected chi connectivity index (χ4v) is 14.2. The number of hydrogen-bond donors (Lipinski definition) is 19. The van der Waals surface area contributed by atoms with Gasteiger partial charge in [0, 0.05) is 40.3 Å². The van der Waals surface area contributed by atoms with E-state index >= 15 is 19.2 Å². The van der Waals surface area contributed by atoms with Gasteiger partial charge in [-0.1, -0.05) is 92.7 Å². The van der Waals surface area contributed by atoms with Crippen LogP contribution in [0, 0.1) is 5.92 Å². The number of aliphatic hydroxyl groups is 6. The average molecular weight is 1530 g/mol. The van der Waals surface area contributed by atoms with E-state index in [4.69, 9.17) is 39.9 Å². The van der Waals surface area contributed by atoms with Gasteiger partial charge in [0.1, 0.15) is 89.5 Å². The summed E-state index contributed by atoms with van der Waals surface area (Å²) in [6.45, 7) is 5.76. The first kappa shape index (κ1) is 79.2. The van der Waals surface area contributed by atoms with Gasteiger partial charge in [-0.05, 0) is 127 Å². The third-order valence-corrected chi connectivity index (χ3v) is 20.1. The van der Waals surface area contributed by atoms with Crippen molar-refractivity contribution < 1.29 is 118 Å². The SMILES string of the molecule is CN[C@@H](CC(C)C)C(=O)N[C@@H]1C(=O)N[C@H](CC(N)=O)C(=O)N[C@@H]2C(=O)N[C@@H]3C(=O)N[C@@H](C(=O)N[C@H](C(=O)O)c4cc(O)cc(O)c4-c4cc3ccc4O)[C@@H](O)c3ccc(c(-c4ccc(-c5ccccc5)cc4)c3)Oc3cc2cc(c3O[C@@H]2O[C@H](CO)[C@@H](O)[C@H](O)[C@H]2O[C@H]2C[C@](C)(N)[C@H](O)[C@H](C)O2)Oc2ccc(cc2)[C@@H]1O. The van der Waals surface area contributed by atoms with Crippen LogP contribution < -0.4 is 62.9 Å². The van der Waals surface area contributed by atoms with E-state index in [0.717, 1.165) is 48.0 Å². The molecule has 33 nitrogen and oxygen atoms in total. The van der Waals surface area contributed by atoms with Crippen molar-refractivity contribution in [2.45, 2.75) is 156 Å². The van der Waals surface area contributed by atoms with Crippen molar-refractivity contribution in [1.82, 2.24) is 37.2 Å². The Morgan fingerprint density at radius 2 is 1.28 bits per heavy atom. The lowest BCUT2D eigenvalue weighted by molar-refractivity contribution is -0.333. The van der Waals surface area contributed by atoms with E-state index in [2.05, 4.69) is 37.2 Å². The second-order valence-electron chi connectivity index (χ2n) is 28.6. The summed E-state index contributed by atoms with van der Waals surface area (Å²) in [4.78, 5) is 119. The van der Waals surface area contributed by atoms with Crippen LogP contribution in [0.1, 0.15) is 105 Å². The Morgan fingerprint density at radius 3 is 1.94 bits per heavy atom. The van der Waals surface area contributed by atoms with E-state index in [0.29, 0.717) is 11.1 Å². The molecule has 7 aliphatic heterocycles. The van der Waals surface area contributed by atoms with Crippen LogP contribution in [0.2, 0.25) is 0 Å². The Balaban J connectivity index is 1.14. The third-order valence-electron chi connectivity index (χ3n) is 20.1. The summed E-state index contributed by atoms with van der Waals surface area (Å²) in [5, 5.41) is 134. The molecule has 0 aliphatic carbocycles. The van der Waals surface area contributed by atoms with Gasteiger partial charge in [-0.15, -0.1) is 0 Å². The summed E-state index contributed by atoms with van der Waals surface area (Å²) in [6, 6.07) is 18.1. The smallest absolute Gasteiger partial charge is 0.330 e. The number of ether oxygens (including phenoxy) is 6. The van der Waals surface area contributed by atoms with Gasteiger partial charge in [-0.25, -0.2) is 4.79 Å². The molecule has 7 heterocycles. The molecule has 11 bridgehead atoms. The molecule has 0 radical (unpaired) electrons. The molecule has 7 aromatic carbocycles. The first-order valence-corrected chi connectivity index (χ1v) is 35.6. The normalized spacial score (nSPS) is 27.8. The van der Waals surface area contributed by atoms with Crippen LogP contribution >= 0.6 is 0 Å². The number of carbonyl (C=O) groups excluding carboxylic acids is 7. The molecule has 33 heteroatoms. The summed E-state index contributed by atoms with van der Waals surface area (Å²) < 4.78 is 39.6. The molecule has 7 aliphatic rings. The summed E-state index contributed by atoms with van der Waals surface area (Å²) in [5.74, 6) is -15.0. The number of nitrogens with two attached hydrogens (primary N) is 2. The minimum absolute atomic E-state index is 0.0422. The third kappa shape index (κ3) is 16.9. The average Bonchev–Trinajstić information content (AvgIpc) is 0.765. The minimum atomic E-state index is -2.32. The highest BCUT2D eigenvalue weighted by molar-refractivity contribution is 6.00. The van der Waals surface area contributed by atoms with E-state index in [9.17, 15) is 70.2 Å². The molecule has 21 N–H and O–H groups in total. The van der Waals surface area contributed by atoms with Crippen LogP contribution in [-0.4, -0.2) is 191 Å². The maximum absolute atomic E-state index is 16.3. The molecule has 2 saturated heterocycles. The number of phenols is 3. The molecule has 7 aromatic rings. The van der Waals surface area contributed by atoms with E-state index in [-0.39, 0.29) is 52.5 Å². The van der Waals surface area contributed by atoms with Crippen LogP contribution in [0.3, 0.4) is 0 Å². The number of rotatable bonds is 15. The molecule has 586 valence electrons. The zero-order chi connectivity index (χ0) is 79.8. The van der Waals surface area contributed by atoms with Crippen molar-refractivity contribution >= 4 is 47.3 Å². The second-order valence-corrected chi connectivity index (χ2v) is 28.6. The Bertz CT molecular complexity index is 4700. The second kappa shape index (κ2) is 32.7. The number of aliphatic carboxylic acids is 1. The first-order chi connectivity index (χ1) is 52.8. The molecule has 14 rings (SSSR count). The summed E-state index contributed by atoms with van der Waals surface area (Å²) in [5.41, 5.74) is 10.4. The highest BCUT2D eigenvalue weighted by Crippen LogP contribution is 2.50. The molecule has 0 aromatic heterocycles. The first-order valence-electron chi connectivity index (χ1n) is 35.6. The van der Waals surface area contributed by atoms with Gasteiger partial charge in [0.05, 0.1) is 31.3 Å². The Labute approximate surface area is 633 Å². The lowest BCUT2D eigenvalue weighted by Gasteiger charge is -2.47. The van der Waals surface area contributed by atoms with Crippen LogP contribution in [0.5, 0.6) is 46.0 Å². The van der Waals surface area contributed by atoms with Crippen molar-refractivity contribution in [3.8, 4) is 79.4 Å². The molecule has 18 atom stereocenters. The van der Waals surface area contributed by atoms with Gasteiger partial charge in [0.2, 0.25) is 53.4 Å². The Kier molecular flexibility index (Phi) is 23.3. The zero-order valence-electron chi connectivity index (χ0n) is 60.3. The molecule has 0 saturated carbocycles. The number of likely N-dealkylation sites (N-methyl/N-ethyl adjacent to an activating group) is 1. The number of amides is 7. The fourth-order valence-electron chi connectivity index (χ4n) is 14.2.